The topological polar surface area (TPSA) is 70.2 Å². The maximum Gasteiger partial charge on any atom is 0.252 e. The number of aromatic nitrogens is 1. The fourth-order valence-corrected chi connectivity index (χ4v) is 5.06. The number of hydrogen-bond donors (Lipinski definition) is 1. The van der Waals surface area contributed by atoms with Crippen molar-refractivity contribution in [1.82, 2.24) is 9.29 Å². The molecule has 33 heavy (non-hydrogen) atoms. The summed E-state index contributed by atoms with van der Waals surface area (Å²) in [7, 11) is -4.09. The van der Waals surface area contributed by atoms with E-state index in [0.29, 0.717) is 11.1 Å². The van der Waals surface area contributed by atoms with Crippen molar-refractivity contribution in [3.8, 4) is 0 Å². The number of rotatable bonds is 6. The number of H-pyrrole nitrogens is 1. The lowest BCUT2D eigenvalue weighted by atomic mass is 10.0. The van der Waals surface area contributed by atoms with Crippen LogP contribution in [0.15, 0.2) is 76.4 Å². The van der Waals surface area contributed by atoms with Crippen molar-refractivity contribution in [2.45, 2.75) is 31.8 Å². The Morgan fingerprint density at radius 3 is 2.09 bits per heavy atom. The van der Waals surface area contributed by atoms with Gasteiger partial charge in [-0.2, -0.15) is 4.31 Å². The summed E-state index contributed by atoms with van der Waals surface area (Å²) in [5, 5.41) is 0.786. The molecule has 170 valence electrons. The highest BCUT2D eigenvalue weighted by Gasteiger charge is 2.26. The fourth-order valence-electron chi connectivity index (χ4n) is 3.65. The van der Waals surface area contributed by atoms with Crippen LogP contribution in [0, 0.1) is 25.5 Å². The molecular formula is C25H22F2N2O3S. The minimum atomic E-state index is -4.09. The number of nitrogens with one attached hydrogen (secondary N) is 1. The van der Waals surface area contributed by atoms with Gasteiger partial charge in [-0.25, -0.2) is 17.2 Å². The van der Waals surface area contributed by atoms with E-state index in [1.807, 2.05) is 26.0 Å². The Hall–Kier alpha value is -3.36. The number of fused-ring (bicyclic) bond motifs is 1. The Morgan fingerprint density at radius 2 is 1.45 bits per heavy atom. The molecule has 0 bridgehead atoms. The van der Waals surface area contributed by atoms with Gasteiger partial charge in [0.15, 0.2) is 0 Å². The Balaban J connectivity index is 1.78. The molecule has 4 aromatic rings. The molecule has 8 heteroatoms. The van der Waals surface area contributed by atoms with E-state index < -0.39 is 27.2 Å². The van der Waals surface area contributed by atoms with Gasteiger partial charge in [0.2, 0.25) is 10.0 Å². The maximum atomic E-state index is 13.4. The first kappa shape index (κ1) is 22.8. The average molecular weight is 469 g/mol. The van der Waals surface area contributed by atoms with E-state index in [4.69, 9.17) is 0 Å². The molecule has 1 heterocycles. The highest BCUT2D eigenvalue weighted by molar-refractivity contribution is 7.89. The smallest absolute Gasteiger partial charge is 0.252 e. The van der Waals surface area contributed by atoms with Crippen LogP contribution in [0.1, 0.15) is 22.3 Å². The van der Waals surface area contributed by atoms with E-state index in [1.165, 1.54) is 36.4 Å². The second kappa shape index (κ2) is 8.88. The summed E-state index contributed by atoms with van der Waals surface area (Å²) in [6.45, 7) is 3.55. The maximum absolute atomic E-state index is 13.4. The zero-order valence-electron chi connectivity index (χ0n) is 18.1. The highest BCUT2D eigenvalue weighted by Crippen LogP contribution is 2.23. The summed E-state index contributed by atoms with van der Waals surface area (Å²) < 4.78 is 54.7. The van der Waals surface area contributed by atoms with Gasteiger partial charge < -0.3 is 4.98 Å². The molecule has 0 aliphatic rings. The summed E-state index contributed by atoms with van der Waals surface area (Å²) in [4.78, 5) is 15.6. The van der Waals surface area contributed by atoms with Crippen LogP contribution in [0.4, 0.5) is 8.78 Å². The van der Waals surface area contributed by atoms with Crippen LogP contribution in [0.25, 0.3) is 10.9 Å². The lowest BCUT2D eigenvalue weighted by molar-refractivity contribution is 0.399. The third kappa shape index (κ3) is 4.72. The van der Waals surface area contributed by atoms with Gasteiger partial charge in [0, 0.05) is 18.7 Å². The number of aromatic amines is 1. The van der Waals surface area contributed by atoms with E-state index in [-0.39, 0.29) is 23.5 Å². The minimum Gasteiger partial charge on any atom is -0.321 e. The van der Waals surface area contributed by atoms with Gasteiger partial charge in [-0.15, -0.1) is 0 Å². The van der Waals surface area contributed by atoms with Crippen LogP contribution in [0.2, 0.25) is 0 Å². The first-order valence-corrected chi connectivity index (χ1v) is 11.7. The fraction of sp³-hybridized carbons (Fsp3) is 0.160. The van der Waals surface area contributed by atoms with E-state index in [0.717, 1.165) is 33.0 Å². The van der Waals surface area contributed by atoms with Crippen molar-refractivity contribution in [1.29, 1.82) is 0 Å². The summed E-state index contributed by atoms with van der Waals surface area (Å²) in [5.41, 5.74) is 3.09. The summed E-state index contributed by atoms with van der Waals surface area (Å²) in [6.07, 6.45) is 0. The van der Waals surface area contributed by atoms with Crippen molar-refractivity contribution in [3.05, 3.63) is 111 Å². The van der Waals surface area contributed by atoms with Gasteiger partial charge in [-0.1, -0.05) is 24.3 Å². The van der Waals surface area contributed by atoms with Gasteiger partial charge in [-0.3, -0.25) is 4.79 Å². The van der Waals surface area contributed by atoms with E-state index in [9.17, 15) is 22.0 Å². The van der Waals surface area contributed by atoms with Gasteiger partial charge in [0.25, 0.3) is 5.56 Å². The zero-order valence-corrected chi connectivity index (χ0v) is 18.9. The van der Waals surface area contributed by atoms with Crippen LogP contribution in [-0.2, 0) is 23.1 Å². The van der Waals surface area contributed by atoms with Crippen LogP contribution >= 0.6 is 0 Å². The molecule has 0 amide bonds. The molecule has 0 aliphatic heterocycles. The van der Waals surface area contributed by atoms with Gasteiger partial charge in [-0.05, 0) is 78.4 Å². The first-order valence-electron chi connectivity index (χ1n) is 10.3. The van der Waals surface area contributed by atoms with Crippen molar-refractivity contribution < 1.29 is 17.2 Å². The molecule has 4 rings (SSSR count). The molecule has 0 aliphatic carbocycles. The molecule has 0 radical (unpaired) electrons. The Morgan fingerprint density at radius 1 is 0.848 bits per heavy atom. The van der Waals surface area contributed by atoms with Crippen molar-refractivity contribution >= 4 is 20.9 Å². The van der Waals surface area contributed by atoms with Crippen LogP contribution in [-0.4, -0.2) is 17.7 Å². The Bertz CT molecular complexity index is 1480. The van der Waals surface area contributed by atoms with E-state index in [1.54, 1.807) is 6.07 Å². The van der Waals surface area contributed by atoms with Crippen molar-refractivity contribution in [2.75, 3.05) is 0 Å². The predicted molar refractivity (Wildman–Crippen MR) is 123 cm³/mol. The molecule has 0 saturated carbocycles. The summed E-state index contributed by atoms with van der Waals surface area (Å²) >= 11 is 0. The summed E-state index contributed by atoms with van der Waals surface area (Å²) in [5.74, 6) is -1.00. The molecule has 0 fully saturated rings. The molecule has 0 atom stereocenters. The molecule has 1 N–H and O–H groups in total. The molecular weight excluding hydrogens is 446 g/mol. The molecule has 0 saturated heterocycles. The first-order chi connectivity index (χ1) is 15.6. The predicted octanol–water partition coefficient (Wildman–Crippen LogP) is 4.81. The lowest BCUT2D eigenvalue weighted by Gasteiger charge is -2.22. The molecule has 3 aromatic carbocycles. The standard InChI is InChI=1S/C25H22F2N2O3S/c1-16-3-6-19-13-20(25(30)28-24(19)17(16)2)15-29(14-18-4-7-21(26)8-5-18)33(31,32)23-11-9-22(27)10-12-23/h3-13H,14-15H2,1-2H3,(H,28,30). The third-order valence-corrected chi connectivity index (χ3v) is 7.50. The number of sulfonamides is 1. The Kier molecular flexibility index (Phi) is 6.14. The van der Waals surface area contributed by atoms with Gasteiger partial charge in [0.05, 0.1) is 10.4 Å². The second-order valence-corrected chi connectivity index (χ2v) is 9.89. The van der Waals surface area contributed by atoms with Crippen LogP contribution in [0.5, 0.6) is 0 Å². The van der Waals surface area contributed by atoms with E-state index in [2.05, 4.69) is 4.98 Å². The number of benzene rings is 3. The summed E-state index contributed by atoms with van der Waals surface area (Å²) in [6, 6.07) is 15.4. The second-order valence-electron chi connectivity index (χ2n) is 7.95. The SMILES string of the molecule is Cc1ccc2cc(CN(Cc3ccc(F)cc3)S(=O)(=O)c3ccc(F)cc3)c(=O)[nH]c2c1C. The average Bonchev–Trinajstić information content (AvgIpc) is 2.78. The quantitative estimate of drug-likeness (QED) is 0.441. The molecule has 5 nitrogen and oxygen atoms in total. The molecule has 0 spiro atoms. The largest absolute Gasteiger partial charge is 0.321 e. The number of aryl methyl sites for hydroxylation is 2. The van der Waals surface area contributed by atoms with Gasteiger partial charge >= 0.3 is 0 Å². The zero-order chi connectivity index (χ0) is 23.8. The Labute approximate surface area is 190 Å². The lowest BCUT2D eigenvalue weighted by Crippen LogP contribution is -2.32. The molecule has 0 unspecified atom stereocenters. The number of hydrogen-bond acceptors (Lipinski definition) is 3. The van der Waals surface area contributed by atoms with Crippen LogP contribution < -0.4 is 5.56 Å². The number of nitrogens with zero attached hydrogens (tertiary/aromatic N) is 1. The normalized spacial score (nSPS) is 11.9. The third-order valence-electron chi connectivity index (χ3n) is 5.70. The minimum absolute atomic E-state index is 0.0929. The van der Waals surface area contributed by atoms with Crippen molar-refractivity contribution in [2.24, 2.45) is 0 Å². The highest BCUT2D eigenvalue weighted by atomic mass is 32.2. The number of pyridine rings is 1. The monoisotopic (exact) mass is 468 g/mol. The van der Waals surface area contributed by atoms with E-state index >= 15 is 0 Å². The van der Waals surface area contributed by atoms with Gasteiger partial charge in [0.1, 0.15) is 11.6 Å². The number of halogens is 2. The molecule has 1 aromatic heterocycles. The van der Waals surface area contributed by atoms with Crippen molar-refractivity contribution in [3.63, 3.8) is 0 Å². The van der Waals surface area contributed by atoms with Crippen LogP contribution in [0.3, 0.4) is 0 Å².